The van der Waals surface area contributed by atoms with Crippen molar-refractivity contribution in [3.63, 3.8) is 0 Å². The number of hydrogen-bond donors (Lipinski definition) is 0. The molecule has 0 aromatic rings. The van der Waals surface area contributed by atoms with Crippen LogP contribution in [-0.4, -0.2) is 19.4 Å². The van der Waals surface area contributed by atoms with E-state index in [-0.39, 0.29) is 6.10 Å². The number of rotatable bonds is 8. The van der Waals surface area contributed by atoms with E-state index in [9.17, 15) is 4.79 Å². The maximum atomic E-state index is 10.8. The van der Waals surface area contributed by atoms with Crippen LogP contribution < -0.4 is 0 Å². The van der Waals surface area contributed by atoms with E-state index in [0.717, 1.165) is 12.3 Å². The molecule has 0 aliphatic carbocycles. The third-order valence-electron chi connectivity index (χ3n) is 2.87. The summed E-state index contributed by atoms with van der Waals surface area (Å²) in [7, 11) is 1.32. The number of carbonyl (C=O) groups is 1. The molecule has 0 radical (unpaired) electrons. The fourth-order valence-electron chi connectivity index (χ4n) is 1.73. The second-order valence-electron chi connectivity index (χ2n) is 5.37. The van der Waals surface area contributed by atoms with E-state index in [1.165, 1.54) is 26.4 Å². The molecule has 0 spiro atoms. The number of methoxy groups -OCH3 is 1. The molecule has 0 saturated heterocycles. The largest absolute Gasteiger partial charge is 0.508 e. The zero-order valence-corrected chi connectivity index (χ0v) is 12.4. The summed E-state index contributed by atoms with van der Waals surface area (Å²) in [6.07, 6.45) is 8.04. The molecule has 0 aromatic heterocycles. The van der Waals surface area contributed by atoms with Gasteiger partial charge >= 0.3 is 6.16 Å². The van der Waals surface area contributed by atoms with Crippen molar-refractivity contribution >= 4 is 6.16 Å². The molecular weight excluding hydrogens is 228 g/mol. The molecular formula is C15H28O3. The molecule has 0 aromatic carbocycles. The van der Waals surface area contributed by atoms with Crippen LogP contribution in [0, 0.1) is 11.8 Å². The first-order valence-corrected chi connectivity index (χ1v) is 6.87. The predicted molar refractivity (Wildman–Crippen MR) is 74.6 cm³/mol. The summed E-state index contributed by atoms with van der Waals surface area (Å²) in [5, 5.41) is 0. The van der Waals surface area contributed by atoms with Crippen molar-refractivity contribution in [2.24, 2.45) is 11.8 Å². The highest BCUT2D eigenvalue weighted by molar-refractivity contribution is 5.59. The summed E-state index contributed by atoms with van der Waals surface area (Å²) < 4.78 is 9.37. The van der Waals surface area contributed by atoms with Crippen molar-refractivity contribution in [1.29, 1.82) is 0 Å². The third-order valence-corrected chi connectivity index (χ3v) is 2.87. The van der Waals surface area contributed by atoms with Gasteiger partial charge in [0.2, 0.25) is 0 Å². The first-order valence-electron chi connectivity index (χ1n) is 6.87. The number of ether oxygens (including phenoxy) is 2. The highest BCUT2D eigenvalue weighted by Gasteiger charge is 2.05. The normalized spacial score (nSPS) is 14.8. The van der Waals surface area contributed by atoms with E-state index in [2.05, 4.69) is 31.6 Å². The Morgan fingerprint density at radius 2 is 1.83 bits per heavy atom. The van der Waals surface area contributed by atoms with Crippen LogP contribution in [-0.2, 0) is 9.47 Å². The topological polar surface area (TPSA) is 35.5 Å². The van der Waals surface area contributed by atoms with Gasteiger partial charge in [-0.1, -0.05) is 46.1 Å². The zero-order chi connectivity index (χ0) is 14.0. The summed E-state index contributed by atoms with van der Waals surface area (Å²) >= 11 is 0. The molecule has 3 nitrogen and oxygen atoms in total. The minimum atomic E-state index is -0.628. The average Bonchev–Trinajstić information content (AvgIpc) is 2.28. The Morgan fingerprint density at radius 1 is 1.17 bits per heavy atom. The Balaban J connectivity index is 3.69. The molecule has 0 rings (SSSR count). The molecule has 2 atom stereocenters. The van der Waals surface area contributed by atoms with Gasteiger partial charge in [0.05, 0.1) is 7.11 Å². The SMILES string of the molecule is COC(=O)O[C@H](C)C=CC[C@H](C)CCCC(C)C. The Hall–Kier alpha value is -0.990. The van der Waals surface area contributed by atoms with Gasteiger partial charge < -0.3 is 9.47 Å². The molecule has 0 unspecified atom stereocenters. The fraction of sp³-hybridized carbons (Fsp3) is 0.800. The van der Waals surface area contributed by atoms with Gasteiger partial charge in [0.1, 0.15) is 6.10 Å². The van der Waals surface area contributed by atoms with Crippen LogP contribution in [0.5, 0.6) is 0 Å². The van der Waals surface area contributed by atoms with E-state index in [0.29, 0.717) is 5.92 Å². The first kappa shape index (κ1) is 17.0. The Kier molecular flexibility index (Phi) is 9.43. The summed E-state index contributed by atoms with van der Waals surface area (Å²) in [5.74, 6) is 1.48. The van der Waals surface area contributed by atoms with E-state index >= 15 is 0 Å². The fourth-order valence-corrected chi connectivity index (χ4v) is 1.73. The van der Waals surface area contributed by atoms with Gasteiger partial charge in [0.15, 0.2) is 0 Å². The highest BCUT2D eigenvalue weighted by atomic mass is 16.7. The smallest absolute Gasteiger partial charge is 0.438 e. The van der Waals surface area contributed by atoms with Crippen LogP contribution in [0.15, 0.2) is 12.2 Å². The second-order valence-corrected chi connectivity index (χ2v) is 5.37. The Morgan fingerprint density at radius 3 is 2.39 bits per heavy atom. The molecule has 106 valence electrons. The monoisotopic (exact) mass is 256 g/mol. The molecule has 0 fully saturated rings. The lowest BCUT2D eigenvalue weighted by atomic mass is 9.97. The van der Waals surface area contributed by atoms with Crippen molar-refractivity contribution in [2.45, 2.75) is 59.5 Å². The van der Waals surface area contributed by atoms with Crippen LogP contribution in [0.25, 0.3) is 0 Å². The second kappa shape index (κ2) is 9.98. The van der Waals surface area contributed by atoms with E-state index in [1.54, 1.807) is 0 Å². The quantitative estimate of drug-likeness (QED) is 0.471. The number of allylic oxidation sites excluding steroid dienone is 1. The molecule has 0 saturated carbocycles. The lowest BCUT2D eigenvalue weighted by Gasteiger charge is -2.11. The minimum absolute atomic E-state index is 0.222. The lowest BCUT2D eigenvalue weighted by molar-refractivity contribution is 0.0578. The van der Waals surface area contributed by atoms with Crippen LogP contribution >= 0.6 is 0 Å². The predicted octanol–water partition coefficient (Wildman–Crippen LogP) is 4.57. The van der Waals surface area contributed by atoms with Gasteiger partial charge in [-0.25, -0.2) is 4.79 Å². The number of carbonyl (C=O) groups excluding carboxylic acids is 1. The van der Waals surface area contributed by atoms with E-state index in [1.807, 2.05) is 13.0 Å². The van der Waals surface area contributed by atoms with Gasteiger partial charge in [0, 0.05) is 0 Å². The molecule has 0 amide bonds. The number of hydrogen-bond acceptors (Lipinski definition) is 3. The maximum absolute atomic E-state index is 10.8. The Labute approximate surface area is 112 Å². The average molecular weight is 256 g/mol. The third kappa shape index (κ3) is 10.2. The van der Waals surface area contributed by atoms with E-state index in [4.69, 9.17) is 4.74 Å². The molecule has 0 aliphatic rings. The van der Waals surface area contributed by atoms with Crippen LogP contribution in [0.1, 0.15) is 53.4 Å². The van der Waals surface area contributed by atoms with Crippen molar-refractivity contribution in [1.82, 2.24) is 0 Å². The van der Waals surface area contributed by atoms with Crippen molar-refractivity contribution < 1.29 is 14.3 Å². The zero-order valence-electron chi connectivity index (χ0n) is 12.4. The summed E-state index contributed by atoms with van der Waals surface area (Å²) in [6.45, 7) is 8.61. The summed E-state index contributed by atoms with van der Waals surface area (Å²) in [4.78, 5) is 10.8. The molecule has 3 heteroatoms. The first-order chi connectivity index (χ1) is 8.45. The molecule has 0 bridgehead atoms. The Bertz CT molecular complexity index is 246. The van der Waals surface area contributed by atoms with Gasteiger partial charge in [-0.3, -0.25) is 0 Å². The maximum Gasteiger partial charge on any atom is 0.508 e. The summed E-state index contributed by atoms with van der Waals surface area (Å²) in [6, 6.07) is 0. The van der Waals surface area contributed by atoms with Gasteiger partial charge in [-0.05, 0) is 31.3 Å². The van der Waals surface area contributed by atoms with Crippen LogP contribution in [0.2, 0.25) is 0 Å². The minimum Gasteiger partial charge on any atom is -0.438 e. The van der Waals surface area contributed by atoms with Crippen molar-refractivity contribution in [3.05, 3.63) is 12.2 Å². The van der Waals surface area contributed by atoms with Crippen molar-refractivity contribution in [2.75, 3.05) is 7.11 Å². The molecule has 0 N–H and O–H groups in total. The highest BCUT2D eigenvalue weighted by Crippen LogP contribution is 2.15. The van der Waals surface area contributed by atoms with Gasteiger partial charge in [0.25, 0.3) is 0 Å². The lowest BCUT2D eigenvalue weighted by Crippen LogP contribution is -2.12. The van der Waals surface area contributed by atoms with Gasteiger partial charge in [-0.15, -0.1) is 0 Å². The molecule has 0 heterocycles. The van der Waals surface area contributed by atoms with Crippen molar-refractivity contribution in [3.8, 4) is 0 Å². The standard InChI is InChI=1S/C15H28O3/c1-12(2)8-6-9-13(3)10-7-11-14(4)18-15(16)17-5/h7,11-14H,6,8-10H2,1-5H3/t13-,14-/m1/s1. The van der Waals surface area contributed by atoms with Crippen LogP contribution in [0.3, 0.4) is 0 Å². The van der Waals surface area contributed by atoms with Crippen LogP contribution in [0.4, 0.5) is 4.79 Å². The summed E-state index contributed by atoms with van der Waals surface area (Å²) in [5.41, 5.74) is 0. The molecule has 0 aliphatic heterocycles. The van der Waals surface area contributed by atoms with Gasteiger partial charge in [-0.2, -0.15) is 0 Å². The van der Waals surface area contributed by atoms with E-state index < -0.39 is 6.16 Å². The molecule has 18 heavy (non-hydrogen) atoms.